The topological polar surface area (TPSA) is 107 Å². The summed E-state index contributed by atoms with van der Waals surface area (Å²) in [5.41, 5.74) is 0.690. The molecule has 0 saturated heterocycles. The molecule has 138 valence electrons. The van der Waals surface area contributed by atoms with Crippen molar-refractivity contribution in [3.8, 4) is 17.2 Å². The minimum Gasteiger partial charge on any atom is -0.869 e. The number of benzene rings is 2. The van der Waals surface area contributed by atoms with Crippen LogP contribution < -0.4 is 26.0 Å². The first-order valence-corrected chi connectivity index (χ1v) is 8.09. The van der Waals surface area contributed by atoms with Crippen molar-refractivity contribution in [2.75, 3.05) is 7.11 Å². The average molecular weight is 386 g/mol. The van der Waals surface area contributed by atoms with Crippen molar-refractivity contribution in [2.24, 2.45) is 0 Å². The van der Waals surface area contributed by atoms with Crippen molar-refractivity contribution in [3.05, 3.63) is 73.5 Å². The van der Waals surface area contributed by atoms with E-state index in [1.54, 1.807) is 0 Å². The quantitative estimate of drug-likeness (QED) is 0.692. The summed E-state index contributed by atoms with van der Waals surface area (Å²) in [7, 11) is 1.35. The fourth-order valence-corrected chi connectivity index (χ4v) is 2.79. The lowest BCUT2D eigenvalue weighted by molar-refractivity contribution is -0.269. The summed E-state index contributed by atoms with van der Waals surface area (Å²) < 4.78 is 6.25. The van der Waals surface area contributed by atoms with E-state index in [0.29, 0.717) is 16.6 Å². The van der Waals surface area contributed by atoms with E-state index >= 15 is 0 Å². The van der Waals surface area contributed by atoms with E-state index in [2.05, 4.69) is 11.7 Å². The van der Waals surface area contributed by atoms with Gasteiger partial charge in [0.15, 0.2) is 0 Å². The van der Waals surface area contributed by atoms with Crippen LogP contribution in [0.4, 0.5) is 0 Å². The molecule has 0 aliphatic rings. The number of hydrogen-bond acceptors (Lipinski definition) is 4. The van der Waals surface area contributed by atoms with Gasteiger partial charge in [0, 0.05) is 5.02 Å². The minimum atomic E-state index is -1.06. The van der Waals surface area contributed by atoms with Gasteiger partial charge in [0.05, 0.1) is 28.9 Å². The number of carboxylic acids is 1. The third-order valence-electron chi connectivity index (χ3n) is 3.94. The Balaban J connectivity index is 2.13. The molecule has 8 heteroatoms. The second kappa shape index (κ2) is 7.05. The third kappa shape index (κ3) is 3.45. The first-order chi connectivity index (χ1) is 12.8. The number of ether oxygens (including phenoxy) is 1. The number of carbonyl (C=O) groups is 1. The van der Waals surface area contributed by atoms with E-state index in [4.69, 9.17) is 21.4 Å². The molecule has 1 heterocycles. The maximum Gasteiger partial charge on any atom is 0.335 e. The monoisotopic (exact) mass is 385 g/mol. The zero-order valence-electron chi connectivity index (χ0n) is 14.2. The van der Waals surface area contributed by atoms with E-state index in [0.717, 1.165) is 0 Å². The van der Waals surface area contributed by atoms with Crippen LogP contribution in [0.2, 0.25) is 5.02 Å². The number of rotatable bonds is 4. The Labute approximate surface area is 158 Å². The molecule has 2 aromatic carbocycles. The van der Waals surface area contributed by atoms with Gasteiger partial charge < -0.3 is 14.9 Å². The van der Waals surface area contributed by atoms with Gasteiger partial charge >= 0.3 is 5.97 Å². The van der Waals surface area contributed by atoms with Crippen molar-refractivity contribution in [3.63, 3.8) is 0 Å². The number of aromatic nitrogens is 2. The molecule has 2 N–H and O–H groups in total. The zero-order valence-corrected chi connectivity index (χ0v) is 14.9. The molecule has 0 spiro atoms. The van der Waals surface area contributed by atoms with Gasteiger partial charge in [-0.15, -0.1) is 0 Å². The summed E-state index contributed by atoms with van der Waals surface area (Å²) in [5.74, 6) is -1.42. The molecular weight excluding hydrogens is 372 g/mol. The van der Waals surface area contributed by atoms with Crippen LogP contribution in [0.5, 0.6) is 11.5 Å². The Hall–Kier alpha value is -3.45. The summed E-state index contributed by atoms with van der Waals surface area (Å²) in [4.78, 5) is 23.7. The third-order valence-corrected chi connectivity index (χ3v) is 4.22. The number of hydrogen-bond donors (Lipinski definition) is 2. The van der Waals surface area contributed by atoms with Crippen molar-refractivity contribution in [1.82, 2.24) is 9.78 Å². The van der Waals surface area contributed by atoms with Crippen LogP contribution in [0.3, 0.4) is 0 Å². The second-order valence-corrected chi connectivity index (χ2v) is 6.08. The second-order valence-electron chi connectivity index (χ2n) is 5.68. The van der Waals surface area contributed by atoms with Crippen LogP contribution in [0.25, 0.3) is 18.3 Å². The molecule has 3 aromatic rings. The van der Waals surface area contributed by atoms with Crippen LogP contribution in [0, 0.1) is 0 Å². The minimum absolute atomic E-state index is 0.0219. The maximum atomic E-state index is 12.7. The standard InChI is InChI=1S/C19H15ClN2O5/c1-10-14(7-11-8-15(20)17(23)16(9-11)27-2)18(24)22(21-10)13-5-3-12(4-6-13)19(25)26/h3-9,21,23H,1H2,2H3,(H,25,26)/p-1/b14-7+. The summed E-state index contributed by atoms with van der Waals surface area (Å²) in [6.45, 7) is 3.82. The summed E-state index contributed by atoms with van der Waals surface area (Å²) in [5, 5.41) is 24.2. The van der Waals surface area contributed by atoms with Gasteiger partial charge in [0.25, 0.3) is 5.56 Å². The summed E-state index contributed by atoms with van der Waals surface area (Å²) >= 11 is 5.92. The predicted octanol–water partition coefficient (Wildman–Crippen LogP) is 0.838. The molecule has 0 aliphatic heterocycles. The number of H-pyrrole nitrogens is 1. The fourth-order valence-electron chi connectivity index (χ4n) is 2.57. The van der Waals surface area contributed by atoms with E-state index < -0.39 is 11.7 Å². The average Bonchev–Trinajstić information content (AvgIpc) is 2.92. The number of carboxylic acid groups (broad SMARTS) is 1. The van der Waals surface area contributed by atoms with Gasteiger partial charge in [0.1, 0.15) is 5.75 Å². The normalized spacial score (nSPS) is 11.6. The SMILES string of the molecule is C=c1[nH]n(-c2ccc(C(=O)O)cc2)c(=O)/c1=C/c1cc(Cl)c([O-])c(OC)c1. The van der Waals surface area contributed by atoms with Crippen LogP contribution >= 0.6 is 11.6 Å². The van der Waals surface area contributed by atoms with Crippen LogP contribution in [0.15, 0.2) is 41.2 Å². The number of methoxy groups -OCH3 is 1. The molecule has 0 saturated carbocycles. The number of nitrogens with one attached hydrogen (secondary N) is 1. The molecule has 0 atom stereocenters. The molecule has 0 bridgehead atoms. The molecule has 0 unspecified atom stereocenters. The van der Waals surface area contributed by atoms with E-state index in [1.165, 1.54) is 54.3 Å². The highest BCUT2D eigenvalue weighted by Gasteiger charge is 2.08. The molecule has 3 rings (SSSR count). The molecule has 0 amide bonds. The van der Waals surface area contributed by atoms with E-state index in [1.807, 2.05) is 0 Å². The first kappa shape index (κ1) is 18.3. The smallest absolute Gasteiger partial charge is 0.335 e. The molecule has 1 aromatic heterocycles. The molecule has 27 heavy (non-hydrogen) atoms. The lowest BCUT2D eigenvalue weighted by Gasteiger charge is -2.14. The van der Waals surface area contributed by atoms with Crippen molar-refractivity contribution >= 4 is 30.2 Å². The first-order valence-electron chi connectivity index (χ1n) is 7.72. The van der Waals surface area contributed by atoms with Gasteiger partial charge in [-0.1, -0.05) is 18.2 Å². The van der Waals surface area contributed by atoms with Crippen LogP contribution in [-0.2, 0) is 0 Å². The van der Waals surface area contributed by atoms with Gasteiger partial charge in [-0.2, -0.15) is 0 Å². The zero-order chi connectivity index (χ0) is 19.7. The van der Waals surface area contributed by atoms with E-state index in [9.17, 15) is 14.7 Å². The van der Waals surface area contributed by atoms with E-state index in [-0.39, 0.29) is 27.1 Å². The predicted molar refractivity (Wildman–Crippen MR) is 99.1 cm³/mol. The highest BCUT2D eigenvalue weighted by Crippen LogP contribution is 2.32. The Morgan fingerprint density at radius 3 is 2.59 bits per heavy atom. The summed E-state index contributed by atoms with van der Waals surface area (Å²) in [6, 6.07) is 8.73. The molecular formula is C19H14ClN2O5-. The lowest BCUT2D eigenvalue weighted by atomic mass is 10.1. The largest absolute Gasteiger partial charge is 0.869 e. The highest BCUT2D eigenvalue weighted by atomic mass is 35.5. The summed E-state index contributed by atoms with van der Waals surface area (Å²) in [6.07, 6.45) is 1.54. The lowest BCUT2D eigenvalue weighted by Crippen LogP contribution is -2.33. The number of halogens is 1. The maximum absolute atomic E-state index is 12.7. The number of aromatic amines is 1. The Kier molecular flexibility index (Phi) is 4.79. The van der Waals surface area contributed by atoms with Crippen molar-refractivity contribution < 1.29 is 19.7 Å². The number of aromatic carboxylic acids is 1. The van der Waals surface area contributed by atoms with Gasteiger partial charge in [0.2, 0.25) is 0 Å². The molecule has 0 fully saturated rings. The van der Waals surface area contributed by atoms with Crippen LogP contribution in [-0.4, -0.2) is 28.0 Å². The van der Waals surface area contributed by atoms with Crippen molar-refractivity contribution in [2.45, 2.75) is 0 Å². The number of nitrogens with zero attached hydrogens (tertiary/aromatic N) is 1. The van der Waals surface area contributed by atoms with Gasteiger partial charge in [-0.05, 0) is 53.8 Å². The highest BCUT2D eigenvalue weighted by molar-refractivity contribution is 6.32. The van der Waals surface area contributed by atoms with Crippen molar-refractivity contribution in [1.29, 1.82) is 0 Å². The Bertz CT molecular complexity index is 1190. The Morgan fingerprint density at radius 1 is 1.33 bits per heavy atom. The Morgan fingerprint density at radius 2 is 2.00 bits per heavy atom. The van der Waals surface area contributed by atoms with Gasteiger partial charge in [-0.3, -0.25) is 9.89 Å². The van der Waals surface area contributed by atoms with Crippen LogP contribution in [0.1, 0.15) is 15.9 Å². The van der Waals surface area contributed by atoms with Gasteiger partial charge in [-0.25, -0.2) is 9.48 Å². The fraction of sp³-hybridized carbons (Fsp3) is 0.0526. The molecule has 7 nitrogen and oxygen atoms in total. The molecule has 0 aliphatic carbocycles. The molecule has 0 radical (unpaired) electrons.